The van der Waals surface area contributed by atoms with Crippen molar-refractivity contribution in [3.05, 3.63) is 35.4 Å². The van der Waals surface area contributed by atoms with E-state index in [9.17, 15) is 0 Å². The molecule has 0 amide bonds. The second-order valence-corrected chi connectivity index (χ2v) is 9.71. The van der Waals surface area contributed by atoms with Crippen molar-refractivity contribution < 1.29 is 4.74 Å². The van der Waals surface area contributed by atoms with Gasteiger partial charge >= 0.3 is 0 Å². The zero-order chi connectivity index (χ0) is 19.9. The van der Waals surface area contributed by atoms with Gasteiger partial charge in [-0.3, -0.25) is 4.99 Å². The summed E-state index contributed by atoms with van der Waals surface area (Å²) in [6, 6.07) is 9.27. The highest BCUT2D eigenvalue weighted by Gasteiger charge is 2.58. The van der Waals surface area contributed by atoms with Gasteiger partial charge in [0.15, 0.2) is 5.96 Å². The first-order valence-corrected chi connectivity index (χ1v) is 10.7. The van der Waals surface area contributed by atoms with Gasteiger partial charge in [-0.25, -0.2) is 0 Å². The molecule has 0 aromatic heterocycles. The Kier molecular flexibility index (Phi) is 5.17. The van der Waals surface area contributed by atoms with Crippen molar-refractivity contribution in [2.24, 2.45) is 16.3 Å². The van der Waals surface area contributed by atoms with Crippen LogP contribution in [0.1, 0.15) is 37.8 Å². The molecule has 5 heteroatoms. The predicted octanol–water partition coefficient (Wildman–Crippen LogP) is 2.45. The van der Waals surface area contributed by atoms with Crippen LogP contribution in [-0.2, 0) is 17.6 Å². The third-order valence-electron chi connectivity index (χ3n) is 7.54. The Morgan fingerprint density at radius 3 is 2.50 bits per heavy atom. The van der Waals surface area contributed by atoms with Crippen molar-refractivity contribution in [3.8, 4) is 0 Å². The molecule has 1 saturated heterocycles. The third kappa shape index (κ3) is 3.22. The maximum atomic E-state index is 6.06. The molecule has 3 aliphatic rings. The van der Waals surface area contributed by atoms with Crippen LogP contribution in [0.15, 0.2) is 29.3 Å². The summed E-state index contributed by atoms with van der Waals surface area (Å²) < 4.78 is 6.06. The highest BCUT2D eigenvalue weighted by molar-refractivity contribution is 5.80. The van der Waals surface area contributed by atoms with Crippen LogP contribution >= 0.6 is 0 Å². The lowest BCUT2D eigenvalue weighted by Gasteiger charge is -2.60. The molecule has 1 aliphatic heterocycles. The molecule has 0 bridgehead atoms. The minimum absolute atomic E-state index is 0.0902. The lowest BCUT2D eigenvalue weighted by molar-refractivity contribution is -0.188. The van der Waals surface area contributed by atoms with Crippen LogP contribution < -0.4 is 10.6 Å². The molecule has 2 aliphatic carbocycles. The highest BCUT2D eigenvalue weighted by Crippen LogP contribution is 2.51. The normalized spacial score (nSPS) is 30.4. The lowest BCUT2D eigenvalue weighted by Crippen LogP contribution is -2.71. The highest BCUT2D eigenvalue weighted by atomic mass is 16.5. The van der Waals surface area contributed by atoms with Crippen LogP contribution in [0.5, 0.6) is 0 Å². The van der Waals surface area contributed by atoms with Crippen molar-refractivity contribution in [2.45, 2.75) is 57.2 Å². The van der Waals surface area contributed by atoms with E-state index >= 15 is 0 Å². The van der Waals surface area contributed by atoms with Crippen molar-refractivity contribution in [3.63, 3.8) is 0 Å². The zero-order valence-corrected chi connectivity index (χ0v) is 18.1. The van der Waals surface area contributed by atoms with Crippen LogP contribution in [0.3, 0.4) is 0 Å². The van der Waals surface area contributed by atoms with E-state index < -0.39 is 0 Å². The summed E-state index contributed by atoms with van der Waals surface area (Å²) in [4.78, 5) is 6.93. The Morgan fingerprint density at radius 2 is 1.89 bits per heavy atom. The van der Waals surface area contributed by atoms with E-state index in [1.807, 2.05) is 7.05 Å². The van der Waals surface area contributed by atoms with Gasteiger partial charge in [0.25, 0.3) is 0 Å². The fourth-order valence-electron chi connectivity index (χ4n) is 5.68. The van der Waals surface area contributed by atoms with E-state index in [2.05, 4.69) is 72.7 Å². The number of guanidine groups is 1. The van der Waals surface area contributed by atoms with E-state index in [0.29, 0.717) is 18.1 Å². The average Bonchev–Trinajstić information content (AvgIpc) is 3.08. The first-order valence-electron chi connectivity index (χ1n) is 10.7. The summed E-state index contributed by atoms with van der Waals surface area (Å²) in [5, 5.41) is 7.39. The largest absolute Gasteiger partial charge is 0.377 e. The standard InChI is InChI=1S/C23H36N4O/c1-22(2)19(18-11-8-12-28-20(18)22)26-21(24-3)25-15-23(27(4)5)13-16-9-6-7-10-17(16)14-23/h6-7,9-10,18-20H,8,11-15H2,1-5H3,(H2,24,25,26). The van der Waals surface area contributed by atoms with Crippen LogP contribution in [0.2, 0.25) is 0 Å². The van der Waals surface area contributed by atoms with Gasteiger partial charge < -0.3 is 20.3 Å². The van der Waals surface area contributed by atoms with E-state index in [0.717, 1.165) is 32.0 Å². The smallest absolute Gasteiger partial charge is 0.191 e. The Morgan fingerprint density at radius 1 is 1.21 bits per heavy atom. The SMILES string of the molecule is CN=C(NCC1(N(C)C)Cc2ccccc2C1)NC1C2CCCOC2C1(C)C. The molecule has 2 fully saturated rings. The van der Waals surface area contributed by atoms with Gasteiger partial charge in [0.2, 0.25) is 0 Å². The van der Waals surface area contributed by atoms with Crippen LogP contribution in [0.4, 0.5) is 0 Å². The minimum atomic E-state index is 0.0902. The number of ether oxygens (including phenoxy) is 1. The maximum Gasteiger partial charge on any atom is 0.191 e. The topological polar surface area (TPSA) is 48.9 Å². The Hall–Kier alpha value is -1.59. The van der Waals surface area contributed by atoms with E-state index in [1.54, 1.807) is 0 Å². The molecule has 1 aromatic rings. The Labute approximate surface area is 169 Å². The number of likely N-dealkylation sites (N-methyl/N-ethyl adjacent to an activating group) is 1. The first-order chi connectivity index (χ1) is 13.4. The van der Waals surface area contributed by atoms with E-state index in [4.69, 9.17) is 4.74 Å². The number of benzene rings is 1. The number of aliphatic imine (C=N–C) groups is 1. The summed E-state index contributed by atoms with van der Waals surface area (Å²) in [6.45, 7) is 6.43. The third-order valence-corrected chi connectivity index (χ3v) is 7.54. The van der Waals surface area contributed by atoms with Gasteiger partial charge in [0, 0.05) is 43.1 Å². The number of hydrogen-bond donors (Lipinski definition) is 2. The number of nitrogens with zero attached hydrogens (tertiary/aromatic N) is 2. The first kappa shape index (κ1) is 19.7. The number of rotatable bonds is 4. The molecule has 1 heterocycles. The Balaban J connectivity index is 1.42. The van der Waals surface area contributed by atoms with Crippen molar-refractivity contribution in [1.29, 1.82) is 0 Å². The molecule has 1 aromatic carbocycles. The van der Waals surface area contributed by atoms with Gasteiger partial charge in [-0.2, -0.15) is 0 Å². The van der Waals surface area contributed by atoms with Crippen LogP contribution in [0, 0.1) is 11.3 Å². The fourth-order valence-corrected chi connectivity index (χ4v) is 5.68. The molecule has 3 unspecified atom stereocenters. The van der Waals surface area contributed by atoms with E-state index in [-0.39, 0.29) is 11.0 Å². The van der Waals surface area contributed by atoms with Crippen LogP contribution in [-0.4, -0.2) is 62.8 Å². The summed E-state index contributed by atoms with van der Waals surface area (Å²) in [6.07, 6.45) is 4.96. The number of fused-ring (bicyclic) bond motifs is 2. The van der Waals surface area contributed by atoms with Gasteiger partial charge in [-0.15, -0.1) is 0 Å². The van der Waals surface area contributed by atoms with Gasteiger partial charge in [-0.1, -0.05) is 38.1 Å². The second kappa shape index (κ2) is 7.34. The molecule has 3 atom stereocenters. The molecule has 1 saturated carbocycles. The molecule has 0 spiro atoms. The van der Waals surface area contributed by atoms with Gasteiger partial charge in [0.05, 0.1) is 6.10 Å². The van der Waals surface area contributed by atoms with Crippen molar-refractivity contribution >= 4 is 5.96 Å². The summed E-state index contributed by atoms with van der Waals surface area (Å²) in [5.74, 6) is 1.51. The quantitative estimate of drug-likeness (QED) is 0.618. The molecule has 2 N–H and O–H groups in total. The molecule has 0 radical (unpaired) electrons. The van der Waals surface area contributed by atoms with Crippen LogP contribution in [0.25, 0.3) is 0 Å². The summed E-state index contributed by atoms with van der Waals surface area (Å²) in [7, 11) is 6.27. The van der Waals surface area contributed by atoms with Gasteiger partial charge in [0.1, 0.15) is 0 Å². The fraction of sp³-hybridized carbons (Fsp3) is 0.696. The molecule has 28 heavy (non-hydrogen) atoms. The predicted molar refractivity (Wildman–Crippen MR) is 115 cm³/mol. The molecular formula is C23H36N4O. The summed E-state index contributed by atoms with van der Waals surface area (Å²) >= 11 is 0. The van der Waals surface area contributed by atoms with Crippen molar-refractivity contribution in [2.75, 3.05) is 34.3 Å². The number of hydrogen-bond acceptors (Lipinski definition) is 3. The molecule has 154 valence electrons. The molecule has 5 nitrogen and oxygen atoms in total. The average molecular weight is 385 g/mol. The number of nitrogens with one attached hydrogen (secondary N) is 2. The zero-order valence-electron chi connectivity index (χ0n) is 18.1. The van der Waals surface area contributed by atoms with E-state index in [1.165, 1.54) is 24.0 Å². The monoisotopic (exact) mass is 384 g/mol. The minimum Gasteiger partial charge on any atom is -0.377 e. The molecule has 4 rings (SSSR count). The summed E-state index contributed by atoms with van der Waals surface area (Å²) in [5.41, 5.74) is 3.19. The Bertz CT molecular complexity index is 717. The lowest BCUT2D eigenvalue weighted by atomic mass is 9.55. The molecular weight excluding hydrogens is 348 g/mol. The van der Waals surface area contributed by atoms with Crippen molar-refractivity contribution in [1.82, 2.24) is 15.5 Å². The second-order valence-electron chi connectivity index (χ2n) is 9.71. The van der Waals surface area contributed by atoms with Gasteiger partial charge in [-0.05, 0) is 50.9 Å². The maximum absolute atomic E-state index is 6.06.